The highest BCUT2D eigenvalue weighted by Gasteiger charge is 2.34. The molecule has 2 amide bonds. The van der Waals surface area contributed by atoms with E-state index < -0.39 is 34.4 Å². The van der Waals surface area contributed by atoms with E-state index in [-0.39, 0.29) is 27.9 Å². The lowest BCUT2D eigenvalue weighted by Gasteiger charge is -2.32. The topological polar surface area (TPSA) is 96.0 Å². The standard InChI is InChI=1S/C27H28Cl3N3O5S/c1-17-8-11-20(12-9-17)39(36,37)33(24-14-19(28)10-13-25(24)38-4)16-26(34)32(18(2)27(35)31-3)15-21-22(29)6-5-7-23(21)30/h5-14,18H,15-16H2,1-4H3,(H,31,35)/t18-/m1/s1. The van der Waals surface area contributed by atoms with Crippen LogP contribution in [0.15, 0.2) is 65.6 Å². The molecule has 3 rings (SSSR count). The predicted octanol–water partition coefficient (Wildman–Crippen LogP) is 5.32. The van der Waals surface area contributed by atoms with Crippen LogP contribution < -0.4 is 14.4 Å². The first-order chi connectivity index (χ1) is 18.4. The van der Waals surface area contributed by atoms with Gasteiger partial charge in [0.1, 0.15) is 18.3 Å². The molecule has 0 saturated carbocycles. The van der Waals surface area contributed by atoms with E-state index in [1.54, 1.807) is 36.4 Å². The van der Waals surface area contributed by atoms with Gasteiger partial charge in [0, 0.05) is 34.2 Å². The van der Waals surface area contributed by atoms with Crippen LogP contribution in [0.5, 0.6) is 5.75 Å². The zero-order valence-electron chi connectivity index (χ0n) is 21.7. The van der Waals surface area contributed by atoms with Crippen molar-refractivity contribution in [2.75, 3.05) is 25.0 Å². The van der Waals surface area contributed by atoms with Crippen LogP contribution in [-0.2, 0) is 26.2 Å². The SMILES string of the molecule is CNC(=O)[C@@H](C)N(Cc1c(Cl)cccc1Cl)C(=O)CN(c1cc(Cl)ccc1OC)S(=O)(=O)c1ccc(C)cc1. The van der Waals surface area contributed by atoms with Crippen LogP contribution in [0.25, 0.3) is 0 Å². The van der Waals surface area contributed by atoms with Gasteiger partial charge in [-0.1, -0.05) is 58.6 Å². The van der Waals surface area contributed by atoms with Crippen molar-refractivity contribution in [1.29, 1.82) is 0 Å². The number of rotatable bonds is 10. The average Bonchev–Trinajstić information content (AvgIpc) is 2.90. The predicted molar refractivity (Wildman–Crippen MR) is 154 cm³/mol. The lowest BCUT2D eigenvalue weighted by atomic mass is 10.1. The number of benzene rings is 3. The molecule has 0 unspecified atom stereocenters. The summed E-state index contributed by atoms with van der Waals surface area (Å²) < 4.78 is 34.2. The number of methoxy groups -OCH3 is 1. The van der Waals surface area contributed by atoms with Crippen LogP contribution in [0.2, 0.25) is 15.1 Å². The number of anilines is 1. The first kappa shape index (κ1) is 30.6. The number of hydrogen-bond acceptors (Lipinski definition) is 5. The van der Waals surface area contributed by atoms with Gasteiger partial charge in [-0.15, -0.1) is 0 Å². The molecular formula is C27H28Cl3N3O5S. The number of aryl methyl sites for hydroxylation is 1. The minimum Gasteiger partial charge on any atom is -0.495 e. The van der Waals surface area contributed by atoms with Crippen molar-refractivity contribution in [2.45, 2.75) is 31.3 Å². The summed E-state index contributed by atoms with van der Waals surface area (Å²) in [5.41, 5.74) is 1.33. The van der Waals surface area contributed by atoms with Gasteiger partial charge in [0.05, 0.1) is 17.7 Å². The Morgan fingerprint density at radius 3 is 2.18 bits per heavy atom. The summed E-state index contributed by atoms with van der Waals surface area (Å²) in [4.78, 5) is 27.7. The van der Waals surface area contributed by atoms with E-state index in [2.05, 4.69) is 5.32 Å². The zero-order valence-corrected chi connectivity index (χ0v) is 24.8. The number of nitrogens with one attached hydrogen (secondary N) is 1. The molecule has 0 aliphatic carbocycles. The van der Waals surface area contributed by atoms with Gasteiger partial charge < -0.3 is 15.0 Å². The number of nitrogens with zero attached hydrogens (tertiary/aromatic N) is 2. The van der Waals surface area contributed by atoms with Gasteiger partial charge in [0.15, 0.2) is 0 Å². The summed E-state index contributed by atoms with van der Waals surface area (Å²) in [6.45, 7) is 2.54. The molecule has 0 heterocycles. The quantitative estimate of drug-likeness (QED) is 0.334. The van der Waals surface area contributed by atoms with Crippen LogP contribution in [0, 0.1) is 6.92 Å². The van der Waals surface area contributed by atoms with E-state index in [4.69, 9.17) is 39.5 Å². The molecule has 3 aromatic carbocycles. The monoisotopic (exact) mass is 611 g/mol. The Morgan fingerprint density at radius 2 is 1.62 bits per heavy atom. The number of carbonyl (C=O) groups excluding carboxylic acids is 2. The second-order valence-corrected chi connectivity index (χ2v) is 11.8. The molecule has 3 aromatic rings. The molecule has 0 spiro atoms. The summed E-state index contributed by atoms with van der Waals surface area (Å²) in [6, 6.07) is 14.6. The summed E-state index contributed by atoms with van der Waals surface area (Å²) in [5, 5.41) is 3.35. The number of hydrogen-bond donors (Lipinski definition) is 1. The summed E-state index contributed by atoms with van der Waals surface area (Å²) in [7, 11) is -1.48. The summed E-state index contributed by atoms with van der Waals surface area (Å²) in [5.74, 6) is -0.956. The molecule has 0 aromatic heterocycles. The highest BCUT2D eigenvalue weighted by atomic mass is 35.5. The van der Waals surface area contributed by atoms with Crippen molar-refractivity contribution in [3.05, 3.63) is 86.9 Å². The van der Waals surface area contributed by atoms with Gasteiger partial charge in [0.2, 0.25) is 11.8 Å². The minimum absolute atomic E-state index is 0.0389. The van der Waals surface area contributed by atoms with Crippen molar-refractivity contribution in [2.24, 2.45) is 0 Å². The van der Waals surface area contributed by atoms with E-state index in [1.165, 1.54) is 50.2 Å². The van der Waals surface area contributed by atoms with E-state index in [0.29, 0.717) is 15.6 Å². The lowest BCUT2D eigenvalue weighted by Crippen LogP contribution is -2.50. The molecule has 1 N–H and O–H groups in total. The Hall–Kier alpha value is -2.98. The third kappa shape index (κ3) is 6.97. The van der Waals surface area contributed by atoms with Crippen LogP contribution in [-0.4, -0.2) is 51.9 Å². The molecule has 0 bridgehead atoms. The third-order valence-electron chi connectivity index (χ3n) is 6.10. The molecule has 0 aliphatic rings. The van der Waals surface area contributed by atoms with Crippen LogP contribution in [0.4, 0.5) is 5.69 Å². The van der Waals surface area contributed by atoms with Crippen LogP contribution in [0.3, 0.4) is 0 Å². The number of amides is 2. The largest absolute Gasteiger partial charge is 0.495 e. The number of sulfonamides is 1. The minimum atomic E-state index is -4.30. The molecule has 39 heavy (non-hydrogen) atoms. The highest BCUT2D eigenvalue weighted by Crippen LogP contribution is 2.35. The normalized spacial score (nSPS) is 12.0. The van der Waals surface area contributed by atoms with E-state index in [0.717, 1.165) is 9.87 Å². The highest BCUT2D eigenvalue weighted by molar-refractivity contribution is 7.92. The fraction of sp³-hybridized carbons (Fsp3) is 0.259. The molecule has 0 aliphatic heterocycles. The van der Waals surface area contributed by atoms with Gasteiger partial charge in [-0.25, -0.2) is 8.42 Å². The maximum Gasteiger partial charge on any atom is 0.264 e. The van der Waals surface area contributed by atoms with Gasteiger partial charge >= 0.3 is 0 Å². The maximum atomic E-state index is 13.9. The average molecular weight is 613 g/mol. The van der Waals surface area contributed by atoms with E-state index in [1.807, 2.05) is 6.92 Å². The molecule has 0 radical (unpaired) electrons. The number of ether oxygens (including phenoxy) is 1. The number of halogens is 3. The third-order valence-corrected chi connectivity index (χ3v) is 8.82. The Balaban J connectivity index is 2.14. The summed E-state index contributed by atoms with van der Waals surface area (Å²) in [6.07, 6.45) is 0. The van der Waals surface area contributed by atoms with Crippen molar-refractivity contribution in [3.8, 4) is 5.75 Å². The Bertz CT molecular complexity index is 1450. The van der Waals surface area contributed by atoms with Crippen LogP contribution >= 0.6 is 34.8 Å². The molecular weight excluding hydrogens is 585 g/mol. The van der Waals surface area contributed by atoms with Gasteiger partial charge in [-0.3, -0.25) is 13.9 Å². The Labute approximate surface area is 243 Å². The van der Waals surface area contributed by atoms with Crippen LogP contribution in [0.1, 0.15) is 18.1 Å². The second kappa shape index (κ2) is 12.9. The van der Waals surface area contributed by atoms with Crippen molar-refractivity contribution >= 4 is 62.3 Å². The molecule has 1 atom stereocenters. The number of carbonyl (C=O) groups is 2. The van der Waals surface area contributed by atoms with E-state index >= 15 is 0 Å². The van der Waals surface area contributed by atoms with Crippen molar-refractivity contribution < 1.29 is 22.7 Å². The molecule has 12 heteroatoms. The molecule has 0 saturated heterocycles. The fourth-order valence-electron chi connectivity index (χ4n) is 3.85. The first-order valence-corrected chi connectivity index (χ1v) is 14.3. The van der Waals surface area contributed by atoms with Crippen molar-refractivity contribution in [1.82, 2.24) is 10.2 Å². The second-order valence-electron chi connectivity index (χ2n) is 8.65. The van der Waals surface area contributed by atoms with Crippen molar-refractivity contribution in [3.63, 3.8) is 0 Å². The maximum absolute atomic E-state index is 13.9. The molecule has 0 fully saturated rings. The summed E-state index contributed by atoms with van der Waals surface area (Å²) >= 11 is 19.0. The Morgan fingerprint density at radius 1 is 1.00 bits per heavy atom. The fourth-order valence-corrected chi connectivity index (χ4v) is 5.95. The van der Waals surface area contributed by atoms with Gasteiger partial charge in [-0.2, -0.15) is 0 Å². The Kier molecular flexibility index (Phi) is 10.1. The van der Waals surface area contributed by atoms with Gasteiger partial charge in [0.25, 0.3) is 10.0 Å². The smallest absolute Gasteiger partial charge is 0.264 e. The molecule has 208 valence electrons. The first-order valence-electron chi connectivity index (χ1n) is 11.8. The lowest BCUT2D eigenvalue weighted by molar-refractivity contribution is -0.139. The molecule has 8 nitrogen and oxygen atoms in total. The van der Waals surface area contributed by atoms with E-state index in [9.17, 15) is 18.0 Å². The zero-order chi connectivity index (χ0) is 28.9. The number of likely N-dealkylation sites (N-methyl/N-ethyl adjacent to an activating group) is 1. The van der Waals surface area contributed by atoms with Gasteiger partial charge in [-0.05, 0) is 56.3 Å².